The Kier molecular flexibility index (Phi) is 4.59. The Balaban J connectivity index is 2.54. The van der Waals surface area contributed by atoms with Crippen LogP contribution in [-0.2, 0) is 4.74 Å². The highest BCUT2D eigenvalue weighted by molar-refractivity contribution is 5.75. The molecule has 16 heavy (non-hydrogen) atoms. The number of hydrogen-bond donors (Lipinski definition) is 1. The van der Waals surface area contributed by atoms with Gasteiger partial charge in [-0.3, -0.25) is 0 Å². The second kappa shape index (κ2) is 5.53. The summed E-state index contributed by atoms with van der Waals surface area (Å²) in [4.78, 5) is 14.0. The molecule has 2 amide bonds. The second-order valence-electron chi connectivity index (χ2n) is 4.99. The number of amides is 2. The lowest BCUT2D eigenvalue weighted by molar-refractivity contribution is 0.120. The van der Waals surface area contributed by atoms with Crippen molar-refractivity contribution >= 4 is 6.03 Å². The summed E-state index contributed by atoms with van der Waals surface area (Å²) in [5.41, 5.74) is 0.0111. The van der Waals surface area contributed by atoms with Gasteiger partial charge >= 0.3 is 6.03 Å². The Hall–Kier alpha value is -0.770. The lowest BCUT2D eigenvalue weighted by Gasteiger charge is -2.38. The zero-order chi connectivity index (χ0) is 12.2. The van der Waals surface area contributed by atoms with Crippen molar-refractivity contribution in [3.8, 4) is 0 Å². The van der Waals surface area contributed by atoms with E-state index in [1.807, 2.05) is 4.90 Å². The van der Waals surface area contributed by atoms with E-state index in [0.29, 0.717) is 19.1 Å². The van der Waals surface area contributed by atoms with Crippen LogP contribution >= 0.6 is 0 Å². The summed E-state index contributed by atoms with van der Waals surface area (Å²) in [5.74, 6) is 0.489. The molecule has 0 aromatic carbocycles. The smallest absolute Gasteiger partial charge is 0.317 e. The molecule has 0 bridgehead atoms. The first kappa shape index (κ1) is 13.3. The van der Waals surface area contributed by atoms with Gasteiger partial charge in [0, 0.05) is 25.7 Å². The first-order valence-corrected chi connectivity index (χ1v) is 6.06. The molecule has 1 fully saturated rings. The molecule has 1 unspecified atom stereocenters. The first-order valence-electron chi connectivity index (χ1n) is 6.06. The van der Waals surface area contributed by atoms with Crippen LogP contribution in [0.4, 0.5) is 4.79 Å². The van der Waals surface area contributed by atoms with E-state index in [4.69, 9.17) is 4.74 Å². The van der Waals surface area contributed by atoms with E-state index < -0.39 is 0 Å². The SMILES string of the molecule is COCCNC(=O)N1CCCC1(C)C(C)C. The summed E-state index contributed by atoms with van der Waals surface area (Å²) < 4.78 is 4.92. The van der Waals surface area contributed by atoms with Crippen LogP contribution in [0.3, 0.4) is 0 Å². The maximum Gasteiger partial charge on any atom is 0.317 e. The Morgan fingerprint density at radius 3 is 2.81 bits per heavy atom. The molecule has 1 N–H and O–H groups in total. The van der Waals surface area contributed by atoms with Gasteiger partial charge in [0.1, 0.15) is 0 Å². The van der Waals surface area contributed by atoms with Crippen LogP contribution in [0.5, 0.6) is 0 Å². The van der Waals surface area contributed by atoms with E-state index in [1.165, 1.54) is 0 Å². The number of carbonyl (C=O) groups excluding carboxylic acids is 1. The van der Waals surface area contributed by atoms with E-state index >= 15 is 0 Å². The van der Waals surface area contributed by atoms with Crippen molar-refractivity contribution in [1.29, 1.82) is 0 Å². The van der Waals surface area contributed by atoms with Crippen molar-refractivity contribution in [3.05, 3.63) is 0 Å². The molecule has 0 aromatic heterocycles. The standard InChI is InChI=1S/C12H24N2O2/c1-10(2)12(3)6-5-8-14(12)11(15)13-7-9-16-4/h10H,5-9H2,1-4H3,(H,13,15). The average Bonchev–Trinajstić information content (AvgIpc) is 2.62. The summed E-state index contributed by atoms with van der Waals surface area (Å²) in [5, 5.41) is 2.90. The molecule has 0 aromatic rings. The van der Waals surface area contributed by atoms with Gasteiger partial charge in [-0.05, 0) is 25.7 Å². The van der Waals surface area contributed by atoms with Crippen molar-refractivity contribution < 1.29 is 9.53 Å². The number of nitrogens with zero attached hydrogens (tertiary/aromatic N) is 1. The van der Waals surface area contributed by atoms with E-state index in [2.05, 4.69) is 26.1 Å². The fourth-order valence-electron chi connectivity index (χ4n) is 2.27. The minimum absolute atomic E-state index is 0.0111. The monoisotopic (exact) mass is 228 g/mol. The lowest BCUT2D eigenvalue weighted by atomic mass is 9.86. The van der Waals surface area contributed by atoms with Gasteiger partial charge in [-0.1, -0.05) is 13.8 Å². The second-order valence-corrected chi connectivity index (χ2v) is 4.99. The van der Waals surface area contributed by atoms with Crippen molar-refractivity contribution in [2.24, 2.45) is 5.92 Å². The fraction of sp³-hybridized carbons (Fsp3) is 0.917. The molecule has 4 nitrogen and oxygen atoms in total. The summed E-state index contributed by atoms with van der Waals surface area (Å²) in [7, 11) is 1.64. The largest absolute Gasteiger partial charge is 0.383 e. The van der Waals surface area contributed by atoms with Crippen LogP contribution in [0.15, 0.2) is 0 Å². The van der Waals surface area contributed by atoms with E-state index in [1.54, 1.807) is 7.11 Å². The highest BCUT2D eigenvalue weighted by Gasteiger charge is 2.41. The third-order valence-electron chi connectivity index (χ3n) is 3.75. The maximum absolute atomic E-state index is 12.0. The van der Waals surface area contributed by atoms with E-state index in [9.17, 15) is 4.79 Å². The van der Waals surface area contributed by atoms with Gasteiger partial charge in [0.05, 0.1) is 6.61 Å². The van der Waals surface area contributed by atoms with Crippen molar-refractivity contribution in [2.75, 3.05) is 26.8 Å². The van der Waals surface area contributed by atoms with Gasteiger partial charge < -0.3 is 15.0 Å². The van der Waals surface area contributed by atoms with Crippen LogP contribution in [0.1, 0.15) is 33.6 Å². The molecule has 1 atom stereocenters. The van der Waals surface area contributed by atoms with Crippen LogP contribution in [0.2, 0.25) is 0 Å². The van der Waals surface area contributed by atoms with Gasteiger partial charge in [0.2, 0.25) is 0 Å². The predicted octanol–water partition coefficient (Wildman–Crippen LogP) is 1.85. The van der Waals surface area contributed by atoms with Gasteiger partial charge in [0.25, 0.3) is 0 Å². The van der Waals surface area contributed by atoms with E-state index in [-0.39, 0.29) is 11.6 Å². The number of hydrogen-bond acceptors (Lipinski definition) is 2. The van der Waals surface area contributed by atoms with Gasteiger partial charge in [-0.25, -0.2) is 4.79 Å². The molecule has 4 heteroatoms. The number of likely N-dealkylation sites (tertiary alicyclic amines) is 1. The molecule has 1 aliphatic rings. The molecule has 1 heterocycles. The summed E-state index contributed by atoms with van der Waals surface area (Å²) >= 11 is 0. The number of carbonyl (C=O) groups is 1. The normalized spacial score (nSPS) is 25.2. The highest BCUT2D eigenvalue weighted by Crippen LogP contribution is 2.35. The number of rotatable bonds is 4. The molecule has 1 rings (SSSR count). The summed E-state index contributed by atoms with van der Waals surface area (Å²) in [6.45, 7) is 8.56. The van der Waals surface area contributed by atoms with Crippen LogP contribution < -0.4 is 5.32 Å². The number of ether oxygens (including phenoxy) is 1. The minimum atomic E-state index is 0.0111. The maximum atomic E-state index is 12.0. The number of urea groups is 1. The zero-order valence-electron chi connectivity index (χ0n) is 10.9. The van der Waals surface area contributed by atoms with Crippen molar-refractivity contribution in [2.45, 2.75) is 39.2 Å². The Bertz CT molecular complexity index is 243. The Morgan fingerprint density at radius 1 is 1.56 bits per heavy atom. The first-order chi connectivity index (χ1) is 7.52. The molecular weight excluding hydrogens is 204 g/mol. The van der Waals surface area contributed by atoms with Crippen LogP contribution in [-0.4, -0.2) is 43.3 Å². The summed E-state index contributed by atoms with van der Waals surface area (Å²) in [6.07, 6.45) is 2.20. The van der Waals surface area contributed by atoms with Gasteiger partial charge in [0.15, 0.2) is 0 Å². The molecule has 0 spiro atoms. The summed E-state index contributed by atoms with van der Waals surface area (Å²) in [6, 6.07) is 0.0470. The highest BCUT2D eigenvalue weighted by atomic mass is 16.5. The van der Waals surface area contributed by atoms with Crippen molar-refractivity contribution in [1.82, 2.24) is 10.2 Å². The third kappa shape index (κ3) is 2.67. The van der Waals surface area contributed by atoms with Gasteiger partial charge in [-0.2, -0.15) is 0 Å². The molecule has 0 aliphatic carbocycles. The zero-order valence-corrected chi connectivity index (χ0v) is 10.9. The predicted molar refractivity (Wildman–Crippen MR) is 64.5 cm³/mol. The molecule has 94 valence electrons. The fourth-order valence-corrected chi connectivity index (χ4v) is 2.27. The van der Waals surface area contributed by atoms with Crippen LogP contribution in [0, 0.1) is 5.92 Å². The molecular formula is C12H24N2O2. The topological polar surface area (TPSA) is 41.6 Å². The van der Waals surface area contributed by atoms with Crippen LogP contribution in [0.25, 0.3) is 0 Å². The number of nitrogens with one attached hydrogen (secondary N) is 1. The molecule has 1 aliphatic heterocycles. The Morgan fingerprint density at radius 2 is 2.25 bits per heavy atom. The Labute approximate surface area is 98.3 Å². The minimum Gasteiger partial charge on any atom is -0.383 e. The quantitative estimate of drug-likeness (QED) is 0.746. The average molecular weight is 228 g/mol. The molecule has 0 saturated carbocycles. The van der Waals surface area contributed by atoms with Crippen molar-refractivity contribution in [3.63, 3.8) is 0 Å². The number of methoxy groups -OCH3 is 1. The van der Waals surface area contributed by atoms with E-state index in [0.717, 1.165) is 19.4 Å². The van der Waals surface area contributed by atoms with Gasteiger partial charge in [-0.15, -0.1) is 0 Å². The lowest BCUT2D eigenvalue weighted by Crippen LogP contribution is -2.52. The molecule has 1 saturated heterocycles. The third-order valence-corrected chi connectivity index (χ3v) is 3.75. The molecule has 0 radical (unpaired) electrons.